The Labute approximate surface area is 123 Å². The van der Waals surface area contributed by atoms with Gasteiger partial charge in [0.15, 0.2) is 0 Å². The molecule has 4 nitrogen and oxygen atoms in total. The molecule has 21 heavy (non-hydrogen) atoms. The molecule has 1 aromatic carbocycles. The van der Waals surface area contributed by atoms with Gasteiger partial charge in [-0.05, 0) is 36.8 Å². The van der Waals surface area contributed by atoms with Crippen LogP contribution in [0.1, 0.15) is 27.2 Å². The maximum absolute atomic E-state index is 12.2. The van der Waals surface area contributed by atoms with Gasteiger partial charge in [-0.2, -0.15) is 0 Å². The molecule has 1 heterocycles. The Morgan fingerprint density at radius 1 is 1.38 bits per heavy atom. The molecule has 0 unspecified atom stereocenters. The summed E-state index contributed by atoms with van der Waals surface area (Å²) in [5.41, 5.74) is 2.16. The first kappa shape index (κ1) is 14.9. The summed E-state index contributed by atoms with van der Waals surface area (Å²) in [6, 6.07) is 9.14. The molecule has 0 atom stereocenters. The number of carbonyl (C=O) groups excluding carboxylic acids is 1. The van der Waals surface area contributed by atoms with Crippen LogP contribution in [0.5, 0.6) is 0 Å². The van der Waals surface area contributed by atoms with E-state index in [-0.39, 0.29) is 12.5 Å². The molecule has 1 amide bonds. The van der Waals surface area contributed by atoms with Gasteiger partial charge >= 0.3 is 0 Å². The number of aryl methyl sites for hydroxylation is 1. The maximum atomic E-state index is 12.2. The van der Waals surface area contributed by atoms with Crippen LogP contribution in [-0.4, -0.2) is 24.2 Å². The van der Waals surface area contributed by atoms with Gasteiger partial charge in [-0.15, -0.1) is 0 Å². The molecular weight excluding hydrogens is 266 g/mol. The first-order valence-corrected chi connectivity index (χ1v) is 6.71. The summed E-state index contributed by atoms with van der Waals surface area (Å²) in [6.07, 6.45) is 2.25. The van der Waals surface area contributed by atoms with Crippen LogP contribution in [0, 0.1) is 18.8 Å². The van der Waals surface area contributed by atoms with E-state index in [9.17, 15) is 4.79 Å². The fourth-order valence-corrected chi connectivity index (χ4v) is 1.94. The smallest absolute Gasteiger partial charge is 0.252 e. The Kier molecular flexibility index (Phi) is 5.19. The molecule has 2 rings (SSSR count). The van der Waals surface area contributed by atoms with Crippen LogP contribution in [-0.2, 0) is 6.42 Å². The molecule has 0 saturated heterocycles. The minimum atomic E-state index is -0.229. The van der Waals surface area contributed by atoms with E-state index in [4.69, 9.17) is 9.52 Å². The van der Waals surface area contributed by atoms with Crippen LogP contribution in [0.25, 0.3) is 0 Å². The van der Waals surface area contributed by atoms with Crippen molar-refractivity contribution in [2.75, 3.05) is 13.2 Å². The Morgan fingerprint density at radius 2 is 2.24 bits per heavy atom. The highest BCUT2D eigenvalue weighted by molar-refractivity contribution is 5.96. The number of furan rings is 1. The van der Waals surface area contributed by atoms with Gasteiger partial charge in [0.2, 0.25) is 0 Å². The average molecular weight is 283 g/mol. The number of carbonyl (C=O) groups is 1. The average Bonchev–Trinajstić information content (AvgIpc) is 2.98. The van der Waals surface area contributed by atoms with Crippen molar-refractivity contribution in [1.29, 1.82) is 0 Å². The first-order chi connectivity index (χ1) is 10.2. The predicted molar refractivity (Wildman–Crippen MR) is 79.9 cm³/mol. The third-order valence-corrected chi connectivity index (χ3v) is 2.96. The van der Waals surface area contributed by atoms with Crippen molar-refractivity contribution < 1.29 is 14.3 Å². The van der Waals surface area contributed by atoms with Crippen molar-refractivity contribution in [3.8, 4) is 11.8 Å². The molecule has 1 aromatic heterocycles. The summed E-state index contributed by atoms with van der Waals surface area (Å²) >= 11 is 0. The molecule has 0 aliphatic rings. The summed E-state index contributed by atoms with van der Waals surface area (Å²) in [6.45, 7) is 2.20. The Bertz CT molecular complexity index is 663. The summed E-state index contributed by atoms with van der Waals surface area (Å²) in [5.74, 6) is 6.04. The van der Waals surface area contributed by atoms with Crippen molar-refractivity contribution in [3.63, 3.8) is 0 Å². The molecule has 0 aliphatic heterocycles. The van der Waals surface area contributed by atoms with Crippen molar-refractivity contribution >= 4 is 5.91 Å². The first-order valence-electron chi connectivity index (χ1n) is 6.71. The van der Waals surface area contributed by atoms with E-state index >= 15 is 0 Å². The lowest BCUT2D eigenvalue weighted by Crippen LogP contribution is -2.26. The third kappa shape index (κ3) is 4.23. The van der Waals surface area contributed by atoms with Gasteiger partial charge in [0.1, 0.15) is 12.4 Å². The second kappa shape index (κ2) is 7.32. The minimum absolute atomic E-state index is 0.177. The van der Waals surface area contributed by atoms with Crippen LogP contribution in [0.3, 0.4) is 0 Å². The van der Waals surface area contributed by atoms with E-state index in [1.807, 2.05) is 31.2 Å². The van der Waals surface area contributed by atoms with Crippen molar-refractivity contribution in [1.82, 2.24) is 5.32 Å². The number of amides is 1. The number of aliphatic hydroxyl groups is 1. The van der Waals surface area contributed by atoms with Gasteiger partial charge in [-0.25, -0.2) is 0 Å². The molecule has 2 N–H and O–H groups in total. The topological polar surface area (TPSA) is 62.5 Å². The molecule has 0 aliphatic carbocycles. The quantitative estimate of drug-likeness (QED) is 0.842. The zero-order valence-corrected chi connectivity index (χ0v) is 11.8. The second-order valence-corrected chi connectivity index (χ2v) is 4.59. The molecule has 2 aromatic rings. The molecule has 0 radical (unpaired) electrons. The van der Waals surface area contributed by atoms with Gasteiger partial charge < -0.3 is 14.8 Å². The van der Waals surface area contributed by atoms with Crippen LogP contribution in [0.2, 0.25) is 0 Å². The lowest BCUT2D eigenvalue weighted by atomic mass is 10.0. The Hall–Kier alpha value is -2.51. The summed E-state index contributed by atoms with van der Waals surface area (Å²) in [4.78, 5) is 12.2. The minimum Gasteiger partial charge on any atom is -0.469 e. The van der Waals surface area contributed by atoms with Crippen LogP contribution in [0.4, 0.5) is 0 Å². The van der Waals surface area contributed by atoms with Crippen molar-refractivity contribution in [2.24, 2.45) is 0 Å². The Morgan fingerprint density at radius 3 is 2.95 bits per heavy atom. The Balaban J connectivity index is 2.04. The number of hydrogen-bond donors (Lipinski definition) is 2. The number of nitrogens with one attached hydrogen (secondary N) is 1. The fourth-order valence-electron chi connectivity index (χ4n) is 1.94. The van der Waals surface area contributed by atoms with E-state index in [1.165, 1.54) is 0 Å². The number of benzene rings is 1. The molecule has 0 bridgehead atoms. The molecule has 0 spiro atoms. The number of aliphatic hydroxyl groups excluding tert-OH is 1. The van der Waals surface area contributed by atoms with Gasteiger partial charge in [-0.3, -0.25) is 4.79 Å². The largest absolute Gasteiger partial charge is 0.469 e. The molecule has 4 heteroatoms. The fraction of sp³-hybridized carbons (Fsp3) is 0.235. The van der Waals surface area contributed by atoms with E-state index in [2.05, 4.69) is 17.2 Å². The normalized spacial score (nSPS) is 9.81. The highest BCUT2D eigenvalue weighted by atomic mass is 16.3. The van der Waals surface area contributed by atoms with E-state index in [1.54, 1.807) is 12.3 Å². The van der Waals surface area contributed by atoms with Gasteiger partial charge in [0.05, 0.1) is 11.8 Å². The maximum Gasteiger partial charge on any atom is 0.252 e. The summed E-state index contributed by atoms with van der Waals surface area (Å²) < 4.78 is 5.21. The van der Waals surface area contributed by atoms with Crippen molar-refractivity contribution in [3.05, 3.63) is 59.0 Å². The third-order valence-electron chi connectivity index (χ3n) is 2.96. The molecule has 0 fully saturated rings. The zero-order chi connectivity index (χ0) is 15.1. The number of rotatable bonds is 4. The standard InChI is InChI=1S/C17H17NO3/c1-13-6-7-16(14(12-13)4-2-10-19)17(20)18-9-8-15-5-3-11-21-15/h3,5-7,11-12,19H,8-10H2,1H3,(H,18,20). The lowest BCUT2D eigenvalue weighted by molar-refractivity contribution is 0.0953. The predicted octanol–water partition coefficient (Wildman–Crippen LogP) is 1.90. The van der Waals surface area contributed by atoms with E-state index in [0.29, 0.717) is 24.1 Å². The number of hydrogen-bond acceptors (Lipinski definition) is 3. The van der Waals surface area contributed by atoms with E-state index < -0.39 is 0 Å². The monoisotopic (exact) mass is 283 g/mol. The highest BCUT2D eigenvalue weighted by Gasteiger charge is 2.10. The summed E-state index contributed by atoms with van der Waals surface area (Å²) in [5, 5.41) is 11.6. The molecule has 108 valence electrons. The van der Waals surface area contributed by atoms with Crippen LogP contribution < -0.4 is 5.32 Å². The van der Waals surface area contributed by atoms with Gasteiger partial charge in [-0.1, -0.05) is 17.9 Å². The van der Waals surface area contributed by atoms with Gasteiger partial charge in [0, 0.05) is 18.5 Å². The van der Waals surface area contributed by atoms with E-state index in [0.717, 1.165) is 11.3 Å². The van der Waals surface area contributed by atoms with Crippen molar-refractivity contribution in [2.45, 2.75) is 13.3 Å². The van der Waals surface area contributed by atoms with Gasteiger partial charge in [0.25, 0.3) is 5.91 Å². The SMILES string of the molecule is Cc1ccc(C(=O)NCCc2ccco2)c(C#CCO)c1. The zero-order valence-electron chi connectivity index (χ0n) is 11.8. The van der Waals surface area contributed by atoms with Crippen LogP contribution >= 0.6 is 0 Å². The summed E-state index contributed by atoms with van der Waals surface area (Å²) in [7, 11) is 0. The second-order valence-electron chi connectivity index (χ2n) is 4.59. The highest BCUT2D eigenvalue weighted by Crippen LogP contribution is 2.11. The lowest BCUT2D eigenvalue weighted by Gasteiger charge is -2.07. The molecular formula is C17H17NO3. The molecule has 0 saturated carbocycles. The van der Waals surface area contributed by atoms with Crippen LogP contribution in [0.15, 0.2) is 41.0 Å².